The highest BCUT2D eigenvalue weighted by molar-refractivity contribution is 7.98. The number of aromatic nitrogens is 3. The summed E-state index contributed by atoms with van der Waals surface area (Å²) >= 11 is 7.45. The van der Waals surface area contributed by atoms with Crippen LogP contribution in [0, 0.1) is 0 Å². The minimum absolute atomic E-state index is 0.333. The molecule has 7 heteroatoms. The maximum absolute atomic E-state index is 5.85. The summed E-state index contributed by atoms with van der Waals surface area (Å²) in [5.74, 6) is 1.52. The van der Waals surface area contributed by atoms with E-state index >= 15 is 0 Å². The minimum Gasteiger partial charge on any atom is -0.397 e. The van der Waals surface area contributed by atoms with E-state index in [0.717, 1.165) is 4.90 Å². The third kappa shape index (κ3) is 3.34. The van der Waals surface area contributed by atoms with Crippen LogP contribution in [0.1, 0.15) is 5.82 Å². The van der Waals surface area contributed by atoms with Crippen molar-refractivity contribution in [3.05, 3.63) is 53.4 Å². The number of pyridine rings is 1. The summed E-state index contributed by atoms with van der Waals surface area (Å²) in [6.07, 6.45) is 1.64. The molecule has 2 heterocycles. The average molecular weight is 319 g/mol. The zero-order valence-corrected chi connectivity index (χ0v) is 12.4. The molecule has 0 aliphatic heterocycles. The van der Waals surface area contributed by atoms with Gasteiger partial charge in [-0.2, -0.15) is 4.98 Å². The maximum Gasteiger partial charge on any atom is 0.278 e. The van der Waals surface area contributed by atoms with Crippen molar-refractivity contribution >= 4 is 29.1 Å². The molecule has 0 unspecified atom stereocenters. The normalized spacial score (nSPS) is 10.7. The van der Waals surface area contributed by atoms with E-state index in [1.165, 1.54) is 0 Å². The Morgan fingerprint density at radius 2 is 2.00 bits per heavy atom. The number of thioether (sulfide) groups is 1. The summed E-state index contributed by atoms with van der Waals surface area (Å²) in [6.45, 7) is 0. The molecule has 0 bridgehead atoms. The zero-order chi connectivity index (χ0) is 14.7. The number of nitrogens with two attached hydrogens (primary N) is 1. The Morgan fingerprint density at radius 3 is 2.76 bits per heavy atom. The molecule has 3 aromatic rings. The molecule has 0 aliphatic carbocycles. The number of hydrogen-bond acceptors (Lipinski definition) is 6. The van der Waals surface area contributed by atoms with Gasteiger partial charge in [-0.15, -0.1) is 11.8 Å². The van der Waals surface area contributed by atoms with Crippen LogP contribution in [0.4, 0.5) is 5.69 Å². The van der Waals surface area contributed by atoms with Crippen LogP contribution >= 0.6 is 23.4 Å². The van der Waals surface area contributed by atoms with E-state index in [9.17, 15) is 0 Å². The number of hydrogen-bond donors (Lipinski definition) is 1. The van der Waals surface area contributed by atoms with Gasteiger partial charge < -0.3 is 10.3 Å². The molecular formula is C14H11ClN4OS. The largest absolute Gasteiger partial charge is 0.397 e. The predicted octanol–water partition coefficient (Wildman–Crippen LogP) is 3.66. The van der Waals surface area contributed by atoms with Gasteiger partial charge >= 0.3 is 0 Å². The van der Waals surface area contributed by atoms with Gasteiger partial charge in [-0.3, -0.25) is 0 Å². The number of halogens is 1. The summed E-state index contributed by atoms with van der Waals surface area (Å²) in [6, 6.07) is 11.1. The molecule has 1 aromatic carbocycles. The van der Waals surface area contributed by atoms with Gasteiger partial charge in [-0.05, 0) is 36.4 Å². The second-order valence-electron chi connectivity index (χ2n) is 4.20. The fourth-order valence-electron chi connectivity index (χ4n) is 1.68. The highest BCUT2D eigenvalue weighted by Crippen LogP contribution is 2.25. The van der Waals surface area contributed by atoms with Crippen molar-refractivity contribution in [1.29, 1.82) is 0 Å². The van der Waals surface area contributed by atoms with E-state index in [2.05, 4.69) is 15.1 Å². The quantitative estimate of drug-likeness (QED) is 0.740. The Morgan fingerprint density at radius 1 is 1.19 bits per heavy atom. The van der Waals surface area contributed by atoms with Crippen molar-refractivity contribution in [3.8, 4) is 11.6 Å². The van der Waals surface area contributed by atoms with Gasteiger partial charge in [-0.1, -0.05) is 16.8 Å². The first-order chi connectivity index (χ1) is 10.2. The number of rotatable bonds is 4. The first-order valence-corrected chi connectivity index (χ1v) is 7.50. The van der Waals surface area contributed by atoms with Crippen molar-refractivity contribution in [2.24, 2.45) is 0 Å². The zero-order valence-electron chi connectivity index (χ0n) is 10.9. The molecule has 0 aliphatic rings. The predicted molar refractivity (Wildman–Crippen MR) is 83.0 cm³/mol. The molecule has 21 heavy (non-hydrogen) atoms. The van der Waals surface area contributed by atoms with Gasteiger partial charge in [0, 0.05) is 16.1 Å². The van der Waals surface area contributed by atoms with Gasteiger partial charge in [0.05, 0.1) is 11.4 Å². The van der Waals surface area contributed by atoms with Crippen molar-refractivity contribution in [2.75, 3.05) is 5.73 Å². The lowest BCUT2D eigenvalue weighted by molar-refractivity contribution is 0.424. The van der Waals surface area contributed by atoms with Gasteiger partial charge in [0.15, 0.2) is 11.5 Å². The topological polar surface area (TPSA) is 77.8 Å². The summed E-state index contributed by atoms with van der Waals surface area (Å²) < 4.78 is 5.20. The Balaban J connectivity index is 1.71. The minimum atomic E-state index is 0.333. The smallest absolute Gasteiger partial charge is 0.278 e. The summed E-state index contributed by atoms with van der Waals surface area (Å²) in [7, 11) is 0. The summed E-state index contributed by atoms with van der Waals surface area (Å²) in [4.78, 5) is 9.54. The molecular weight excluding hydrogens is 308 g/mol. The highest BCUT2D eigenvalue weighted by atomic mass is 35.5. The molecule has 0 amide bonds. The number of nitrogens with zero attached hydrogens (tertiary/aromatic N) is 3. The number of benzene rings is 1. The van der Waals surface area contributed by atoms with Crippen molar-refractivity contribution in [1.82, 2.24) is 15.1 Å². The molecule has 3 rings (SSSR count). The first-order valence-electron chi connectivity index (χ1n) is 6.14. The van der Waals surface area contributed by atoms with E-state index in [1.54, 1.807) is 30.1 Å². The van der Waals surface area contributed by atoms with Crippen LogP contribution in [0.5, 0.6) is 0 Å². The van der Waals surface area contributed by atoms with E-state index in [1.807, 2.05) is 24.3 Å². The summed E-state index contributed by atoms with van der Waals surface area (Å²) in [5.41, 5.74) is 6.85. The molecule has 0 atom stereocenters. The number of anilines is 1. The third-order valence-corrected chi connectivity index (χ3v) is 3.95. The molecule has 0 radical (unpaired) electrons. The van der Waals surface area contributed by atoms with Crippen molar-refractivity contribution in [2.45, 2.75) is 10.6 Å². The Bertz CT molecular complexity index is 745. The van der Waals surface area contributed by atoms with Crippen LogP contribution in [0.2, 0.25) is 5.02 Å². The monoisotopic (exact) mass is 318 g/mol. The van der Waals surface area contributed by atoms with Gasteiger partial charge in [-0.25, -0.2) is 4.98 Å². The SMILES string of the molecule is Nc1cccnc1-c1nc(CSc2ccc(Cl)cc2)no1. The van der Waals surface area contributed by atoms with E-state index in [0.29, 0.717) is 33.9 Å². The molecule has 0 spiro atoms. The molecule has 2 aromatic heterocycles. The molecule has 0 fully saturated rings. The maximum atomic E-state index is 5.85. The fourth-order valence-corrected chi connectivity index (χ4v) is 2.55. The molecule has 2 N–H and O–H groups in total. The van der Waals surface area contributed by atoms with Gasteiger partial charge in [0.2, 0.25) is 0 Å². The van der Waals surface area contributed by atoms with E-state index in [-0.39, 0.29) is 0 Å². The lowest BCUT2D eigenvalue weighted by Gasteiger charge is -1.98. The number of nitrogen functional groups attached to an aromatic ring is 1. The van der Waals surface area contributed by atoms with Gasteiger partial charge in [0.1, 0.15) is 0 Å². The average Bonchev–Trinajstić information content (AvgIpc) is 2.96. The molecule has 0 saturated carbocycles. The van der Waals surface area contributed by atoms with Crippen molar-refractivity contribution in [3.63, 3.8) is 0 Å². The van der Waals surface area contributed by atoms with Gasteiger partial charge in [0.25, 0.3) is 5.89 Å². The Kier molecular flexibility index (Phi) is 4.08. The van der Waals surface area contributed by atoms with Crippen LogP contribution in [-0.2, 0) is 5.75 Å². The fraction of sp³-hybridized carbons (Fsp3) is 0.0714. The van der Waals surface area contributed by atoms with E-state index in [4.69, 9.17) is 21.9 Å². The van der Waals surface area contributed by atoms with Crippen LogP contribution in [0.15, 0.2) is 52.0 Å². The lowest BCUT2D eigenvalue weighted by Crippen LogP contribution is -1.92. The van der Waals surface area contributed by atoms with Crippen LogP contribution in [-0.4, -0.2) is 15.1 Å². The van der Waals surface area contributed by atoms with E-state index < -0.39 is 0 Å². The first kappa shape index (κ1) is 13.9. The molecule has 106 valence electrons. The second-order valence-corrected chi connectivity index (χ2v) is 5.68. The standard InChI is InChI=1S/C14H11ClN4OS/c15-9-3-5-10(6-4-9)21-8-12-18-14(20-19-12)13-11(16)2-1-7-17-13/h1-7H,8,16H2. The Hall–Kier alpha value is -2.05. The summed E-state index contributed by atoms with van der Waals surface area (Å²) in [5, 5.41) is 4.65. The van der Waals surface area contributed by atoms with Crippen LogP contribution in [0.25, 0.3) is 11.6 Å². The second kappa shape index (κ2) is 6.15. The highest BCUT2D eigenvalue weighted by Gasteiger charge is 2.12. The van der Waals surface area contributed by atoms with Crippen LogP contribution in [0.3, 0.4) is 0 Å². The molecule has 5 nitrogen and oxygen atoms in total. The Labute approximate surface area is 130 Å². The van der Waals surface area contributed by atoms with Crippen molar-refractivity contribution < 1.29 is 4.52 Å². The van der Waals surface area contributed by atoms with Crippen LogP contribution < -0.4 is 5.73 Å². The molecule has 0 saturated heterocycles. The lowest BCUT2D eigenvalue weighted by atomic mass is 10.3. The third-order valence-electron chi connectivity index (χ3n) is 2.69.